The molecule has 2 aromatic rings. The highest BCUT2D eigenvalue weighted by atomic mass is 35.5. The third-order valence-electron chi connectivity index (χ3n) is 2.28. The number of hydrogen-bond acceptors (Lipinski definition) is 5. The summed E-state index contributed by atoms with van der Waals surface area (Å²) < 4.78 is 0. The van der Waals surface area contributed by atoms with Crippen LogP contribution in [-0.2, 0) is 6.54 Å². The van der Waals surface area contributed by atoms with Crippen LogP contribution in [0.2, 0.25) is 5.02 Å². The van der Waals surface area contributed by atoms with E-state index in [1.165, 1.54) is 0 Å². The Hall–Kier alpha value is -1.66. The molecule has 0 spiro atoms. The second-order valence-electron chi connectivity index (χ2n) is 3.74. The maximum absolute atomic E-state index is 12.0. The Morgan fingerprint density at radius 1 is 1.50 bits per heavy atom. The molecule has 0 aliphatic carbocycles. The lowest BCUT2D eigenvalue weighted by Gasteiger charge is -2.15. The van der Waals surface area contributed by atoms with Crippen LogP contribution in [0.3, 0.4) is 0 Å². The summed E-state index contributed by atoms with van der Waals surface area (Å²) in [5.74, 6) is -0.204. The summed E-state index contributed by atoms with van der Waals surface area (Å²) in [4.78, 5) is 13.5. The Balaban J connectivity index is 2.08. The quantitative estimate of drug-likeness (QED) is 0.935. The lowest BCUT2D eigenvalue weighted by molar-refractivity contribution is 0.0784. The predicted molar refractivity (Wildman–Crippen MR) is 71.6 cm³/mol. The lowest BCUT2D eigenvalue weighted by Crippen LogP contribution is -2.26. The summed E-state index contributed by atoms with van der Waals surface area (Å²) in [5, 5.41) is 8.56. The Bertz CT molecular complexity index is 572. The van der Waals surface area contributed by atoms with Gasteiger partial charge in [-0.3, -0.25) is 4.79 Å². The van der Waals surface area contributed by atoms with Crippen LogP contribution >= 0.6 is 22.9 Å². The number of nitrogen functional groups attached to an aromatic ring is 1. The van der Waals surface area contributed by atoms with E-state index in [1.807, 2.05) is 18.2 Å². The largest absolute Gasteiger partial charge is 0.374 e. The summed E-state index contributed by atoms with van der Waals surface area (Å²) in [6.07, 6.45) is 0. The number of carbonyl (C=O) groups is 1. The minimum Gasteiger partial charge on any atom is -0.374 e. The molecule has 0 bridgehead atoms. The van der Waals surface area contributed by atoms with E-state index >= 15 is 0 Å². The Morgan fingerprint density at radius 3 is 2.89 bits per heavy atom. The molecule has 0 aliphatic rings. The maximum atomic E-state index is 12.0. The average molecular weight is 283 g/mol. The van der Waals surface area contributed by atoms with Crippen LogP contribution in [0.15, 0.2) is 24.3 Å². The zero-order valence-corrected chi connectivity index (χ0v) is 11.2. The van der Waals surface area contributed by atoms with Crippen LogP contribution in [0, 0.1) is 0 Å². The molecule has 5 nitrogen and oxygen atoms in total. The molecule has 0 saturated heterocycles. The van der Waals surface area contributed by atoms with Gasteiger partial charge in [-0.25, -0.2) is 0 Å². The van der Waals surface area contributed by atoms with Crippen molar-refractivity contribution in [2.24, 2.45) is 0 Å². The third kappa shape index (κ3) is 2.96. The highest BCUT2D eigenvalue weighted by Crippen LogP contribution is 2.16. The van der Waals surface area contributed by atoms with Crippen LogP contribution < -0.4 is 5.73 Å². The molecule has 2 N–H and O–H groups in total. The minimum atomic E-state index is -0.204. The molecule has 94 valence electrons. The zero-order chi connectivity index (χ0) is 13.1. The van der Waals surface area contributed by atoms with Gasteiger partial charge in [0.25, 0.3) is 5.91 Å². The van der Waals surface area contributed by atoms with Gasteiger partial charge in [0.05, 0.1) is 0 Å². The van der Waals surface area contributed by atoms with Crippen molar-refractivity contribution in [3.8, 4) is 0 Å². The molecule has 0 radical (unpaired) electrons. The molecule has 0 fully saturated rings. The lowest BCUT2D eigenvalue weighted by atomic mass is 10.2. The minimum absolute atomic E-state index is 0.204. The average Bonchev–Trinajstić information content (AvgIpc) is 2.75. The van der Waals surface area contributed by atoms with Gasteiger partial charge in [0.2, 0.25) is 10.1 Å². The van der Waals surface area contributed by atoms with E-state index in [0.717, 1.165) is 16.9 Å². The van der Waals surface area contributed by atoms with Crippen molar-refractivity contribution < 1.29 is 4.79 Å². The molecule has 2 rings (SSSR count). The molecule has 0 atom stereocenters. The maximum Gasteiger partial charge on any atom is 0.284 e. The first-order chi connectivity index (χ1) is 8.56. The first kappa shape index (κ1) is 12.8. The summed E-state index contributed by atoms with van der Waals surface area (Å²) >= 11 is 6.96. The fourth-order valence-electron chi connectivity index (χ4n) is 1.47. The number of aromatic nitrogens is 2. The molecule has 7 heteroatoms. The van der Waals surface area contributed by atoms with Crippen molar-refractivity contribution >= 4 is 34.0 Å². The molecule has 1 aromatic carbocycles. The summed E-state index contributed by atoms with van der Waals surface area (Å²) in [5.41, 5.74) is 6.40. The second kappa shape index (κ2) is 5.32. The molecule has 0 unspecified atom stereocenters. The van der Waals surface area contributed by atoms with Crippen LogP contribution in [0.5, 0.6) is 0 Å². The van der Waals surface area contributed by atoms with Gasteiger partial charge >= 0.3 is 0 Å². The SMILES string of the molecule is CN(Cc1cccc(Cl)c1)C(=O)c1nnc(N)s1. The van der Waals surface area contributed by atoms with Crippen LogP contribution in [0.1, 0.15) is 15.4 Å². The van der Waals surface area contributed by atoms with E-state index in [9.17, 15) is 4.79 Å². The third-order valence-corrected chi connectivity index (χ3v) is 3.25. The van der Waals surface area contributed by atoms with Gasteiger partial charge in [0.1, 0.15) is 0 Å². The molecular weight excluding hydrogens is 272 g/mol. The number of nitrogens with zero attached hydrogens (tertiary/aromatic N) is 3. The van der Waals surface area contributed by atoms with Crippen molar-refractivity contribution in [1.29, 1.82) is 0 Å². The van der Waals surface area contributed by atoms with Crippen LogP contribution in [-0.4, -0.2) is 28.1 Å². The fourth-order valence-corrected chi connectivity index (χ4v) is 2.28. The summed E-state index contributed by atoms with van der Waals surface area (Å²) in [6, 6.07) is 7.36. The van der Waals surface area contributed by atoms with Gasteiger partial charge < -0.3 is 10.6 Å². The second-order valence-corrected chi connectivity index (χ2v) is 5.18. The topological polar surface area (TPSA) is 72.1 Å². The summed E-state index contributed by atoms with van der Waals surface area (Å²) in [6.45, 7) is 0.457. The summed E-state index contributed by atoms with van der Waals surface area (Å²) in [7, 11) is 1.70. The first-order valence-electron chi connectivity index (χ1n) is 5.15. The number of anilines is 1. The van der Waals surface area contributed by atoms with E-state index in [2.05, 4.69) is 10.2 Å². The predicted octanol–water partition coefficient (Wildman–Crippen LogP) is 2.05. The number of carbonyl (C=O) groups excluding carboxylic acids is 1. The number of hydrogen-bond donors (Lipinski definition) is 1. The molecule has 1 heterocycles. The molecule has 0 saturated carbocycles. The highest BCUT2D eigenvalue weighted by Gasteiger charge is 2.16. The highest BCUT2D eigenvalue weighted by molar-refractivity contribution is 7.16. The van der Waals surface area contributed by atoms with Gasteiger partial charge in [-0.15, -0.1) is 10.2 Å². The zero-order valence-electron chi connectivity index (χ0n) is 9.63. The van der Waals surface area contributed by atoms with E-state index in [1.54, 1.807) is 18.0 Å². The van der Waals surface area contributed by atoms with Crippen LogP contribution in [0.4, 0.5) is 5.13 Å². The first-order valence-corrected chi connectivity index (χ1v) is 6.34. The number of amides is 1. The number of nitrogens with two attached hydrogens (primary N) is 1. The van der Waals surface area contributed by atoms with Gasteiger partial charge in [0, 0.05) is 18.6 Å². The van der Waals surface area contributed by atoms with Crippen molar-refractivity contribution in [2.45, 2.75) is 6.54 Å². The number of benzene rings is 1. The normalized spacial score (nSPS) is 10.3. The van der Waals surface area contributed by atoms with Crippen LogP contribution in [0.25, 0.3) is 0 Å². The molecule has 0 aliphatic heterocycles. The monoisotopic (exact) mass is 282 g/mol. The standard InChI is InChI=1S/C11H11ClN4OS/c1-16(6-7-3-2-4-8(12)5-7)10(17)9-14-15-11(13)18-9/h2-5H,6H2,1H3,(H2,13,15). The molecule has 18 heavy (non-hydrogen) atoms. The van der Waals surface area contributed by atoms with E-state index in [4.69, 9.17) is 17.3 Å². The van der Waals surface area contributed by atoms with E-state index < -0.39 is 0 Å². The fraction of sp³-hybridized carbons (Fsp3) is 0.182. The van der Waals surface area contributed by atoms with E-state index in [0.29, 0.717) is 11.6 Å². The van der Waals surface area contributed by atoms with Crippen molar-refractivity contribution in [1.82, 2.24) is 15.1 Å². The Labute approximate surface area is 113 Å². The van der Waals surface area contributed by atoms with Gasteiger partial charge in [-0.2, -0.15) is 0 Å². The smallest absolute Gasteiger partial charge is 0.284 e. The molecular formula is C11H11ClN4OS. The number of halogens is 1. The number of rotatable bonds is 3. The van der Waals surface area contributed by atoms with Crippen molar-refractivity contribution in [2.75, 3.05) is 12.8 Å². The Morgan fingerprint density at radius 2 is 2.28 bits per heavy atom. The van der Waals surface area contributed by atoms with Crippen molar-refractivity contribution in [3.05, 3.63) is 39.9 Å². The molecule has 1 amide bonds. The Kier molecular flexibility index (Phi) is 3.78. The molecule has 1 aromatic heterocycles. The van der Waals surface area contributed by atoms with E-state index in [-0.39, 0.29) is 16.0 Å². The van der Waals surface area contributed by atoms with Gasteiger partial charge in [-0.1, -0.05) is 35.1 Å². The van der Waals surface area contributed by atoms with Gasteiger partial charge in [0.15, 0.2) is 0 Å². The van der Waals surface area contributed by atoms with Crippen molar-refractivity contribution in [3.63, 3.8) is 0 Å². The van der Waals surface area contributed by atoms with Gasteiger partial charge in [-0.05, 0) is 17.7 Å².